The van der Waals surface area contributed by atoms with Crippen LogP contribution < -0.4 is 0 Å². The Bertz CT molecular complexity index is 1200. The van der Waals surface area contributed by atoms with Crippen LogP contribution >= 0.6 is 23.1 Å². The van der Waals surface area contributed by atoms with Gasteiger partial charge in [-0.15, -0.1) is 21.5 Å². The normalized spacial score (nSPS) is 12.4. The summed E-state index contributed by atoms with van der Waals surface area (Å²) in [4.78, 5) is 18.9. The number of thioether (sulfide) groups is 1. The molecule has 3 aromatic rings. The molecule has 0 spiro atoms. The van der Waals surface area contributed by atoms with Gasteiger partial charge < -0.3 is 5.11 Å². The first-order chi connectivity index (χ1) is 15.2. The van der Waals surface area contributed by atoms with E-state index < -0.39 is 17.7 Å². The molecule has 0 fully saturated rings. The fourth-order valence-corrected chi connectivity index (χ4v) is 4.30. The van der Waals surface area contributed by atoms with Crippen LogP contribution in [0, 0.1) is 0 Å². The Morgan fingerprint density at radius 1 is 1.38 bits per heavy atom. The monoisotopic (exact) mass is 479 g/mol. The van der Waals surface area contributed by atoms with Crippen molar-refractivity contribution in [1.29, 1.82) is 0 Å². The predicted molar refractivity (Wildman–Crippen MR) is 117 cm³/mol. The number of hydrogen-bond donors (Lipinski definition) is 1. The zero-order valence-electron chi connectivity index (χ0n) is 16.6. The number of allylic oxidation sites excluding steroid dienone is 2. The van der Waals surface area contributed by atoms with Crippen molar-refractivity contribution < 1.29 is 23.1 Å². The van der Waals surface area contributed by atoms with Crippen molar-refractivity contribution in [2.24, 2.45) is 4.99 Å². The number of hydrogen-bond acceptors (Lipinski definition) is 7. The Kier molecular flexibility index (Phi) is 7.26. The number of carboxylic acids is 1. The summed E-state index contributed by atoms with van der Waals surface area (Å²) < 4.78 is 41.3. The fourth-order valence-electron chi connectivity index (χ4n) is 2.56. The third-order valence-electron chi connectivity index (χ3n) is 4.03. The zero-order chi connectivity index (χ0) is 23.3. The van der Waals surface area contributed by atoms with Crippen LogP contribution in [0.4, 0.5) is 13.2 Å². The predicted octanol–water partition coefficient (Wildman–Crippen LogP) is 5.35. The molecule has 2 heterocycles. The number of aliphatic imine (C=N–C) groups is 1. The number of thiazole rings is 1. The SMILES string of the molecule is C=CN=C/C=C(\C)c1nnc(SCc2nc(C(=O)O)cs2)n1-c1cccc(C(F)(F)F)c1. The van der Waals surface area contributed by atoms with Crippen molar-refractivity contribution in [3.05, 3.63) is 70.6 Å². The number of carboxylic acid groups (broad SMARTS) is 1. The summed E-state index contributed by atoms with van der Waals surface area (Å²) in [5, 5.41) is 19.6. The van der Waals surface area contributed by atoms with E-state index in [-0.39, 0.29) is 17.1 Å². The van der Waals surface area contributed by atoms with Gasteiger partial charge in [0.15, 0.2) is 16.7 Å². The molecule has 1 aromatic carbocycles. The molecule has 0 saturated heterocycles. The standard InChI is InChI=1S/C20H16F3N5O2S2/c1-3-24-8-7-12(2)17-26-27-19(32-11-16-25-15(10-31-16)18(29)30)28(17)14-6-4-5-13(9-14)20(21,22)23/h3-10H,1,11H2,2H3,(H,29,30)/b12-7+,24-8?. The van der Waals surface area contributed by atoms with E-state index in [2.05, 4.69) is 26.8 Å². The fraction of sp³-hybridized carbons (Fsp3) is 0.150. The van der Waals surface area contributed by atoms with Crippen LogP contribution in [0.3, 0.4) is 0 Å². The van der Waals surface area contributed by atoms with E-state index in [4.69, 9.17) is 5.11 Å². The van der Waals surface area contributed by atoms with Gasteiger partial charge in [-0.2, -0.15) is 13.2 Å². The highest BCUT2D eigenvalue weighted by molar-refractivity contribution is 7.98. The van der Waals surface area contributed by atoms with Gasteiger partial charge >= 0.3 is 12.1 Å². The van der Waals surface area contributed by atoms with Gasteiger partial charge in [0.2, 0.25) is 0 Å². The maximum Gasteiger partial charge on any atom is 0.416 e. The quantitative estimate of drug-likeness (QED) is 0.346. The van der Waals surface area contributed by atoms with Crippen LogP contribution in [0.2, 0.25) is 0 Å². The second kappa shape index (κ2) is 9.92. The Balaban J connectivity index is 2.02. The van der Waals surface area contributed by atoms with E-state index in [9.17, 15) is 18.0 Å². The van der Waals surface area contributed by atoms with Gasteiger partial charge in [0.05, 0.1) is 17.0 Å². The van der Waals surface area contributed by atoms with E-state index in [0.717, 1.165) is 12.1 Å². The van der Waals surface area contributed by atoms with Crippen molar-refractivity contribution in [2.45, 2.75) is 24.0 Å². The van der Waals surface area contributed by atoms with Crippen LogP contribution in [0.25, 0.3) is 11.3 Å². The molecule has 32 heavy (non-hydrogen) atoms. The molecule has 0 bridgehead atoms. The molecule has 0 amide bonds. The van der Waals surface area contributed by atoms with Crippen LogP contribution in [0.15, 0.2) is 58.6 Å². The molecule has 2 aromatic heterocycles. The molecule has 0 atom stereocenters. The summed E-state index contributed by atoms with van der Waals surface area (Å²) in [7, 11) is 0. The molecule has 0 aliphatic heterocycles. The molecule has 3 rings (SSSR count). The smallest absolute Gasteiger partial charge is 0.416 e. The maximum absolute atomic E-state index is 13.3. The number of benzene rings is 1. The summed E-state index contributed by atoms with van der Waals surface area (Å²) >= 11 is 2.36. The first-order valence-corrected chi connectivity index (χ1v) is 10.8. The van der Waals surface area contributed by atoms with Crippen molar-refractivity contribution >= 4 is 40.9 Å². The second-order valence-electron chi connectivity index (χ2n) is 6.24. The molecule has 0 aliphatic carbocycles. The summed E-state index contributed by atoms with van der Waals surface area (Å²) in [6.07, 6.45) is -0.0252. The van der Waals surface area contributed by atoms with Crippen molar-refractivity contribution in [3.8, 4) is 5.69 Å². The van der Waals surface area contributed by atoms with Crippen LogP contribution in [0.1, 0.15) is 33.8 Å². The van der Waals surface area contributed by atoms with Gasteiger partial charge in [0, 0.05) is 17.8 Å². The zero-order valence-corrected chi connectivity index (χ0v) is 18.2. The second-order valence-corrected chi connectivity index (χ2v) is 8.13. The Morgan fingerprint density at radius 3 is 2.81 bits per heavy atom. The average molecular weight is 480 g/mol. The van der Waals surface area contributed by atoms with Crippen molar-refractivity contribution in [3.63, 3.8) is 0 Å². The Morgan fingerprint density at radius 2 is 2.16 bits per heavy atom. The number of rotatable bonds is 8. The first-order valence-electron chi connectivity index (χ1n) is 8.95. The molecule has 1 N–H and O–H groups in total. The lowest BCUT2D eigenvalue weighted by Gasteiger charge is -2.13. The molecule has 0 aliphatic rings. The Hall–Kier alpha value is -3.25. The lowest BCUT2D eigenvalue weighted by molar-refractivity contribution is -0.137. The first kappa shape index (κ1) is 23.4. The summed E-state index contributed by atoms with van der Waals surface area (Å²) in [6.45, 7) is 5.22. The van der Waals surface area contributed by atoms with Gasteiger partial charge in [0.25, 0.3) is 0 Å². The highest BCUT2D eigenvalue weighted by atomic mass is 32.2. The third-order valence-corrected chi connectivity index (χ3v) is 6.00. The summed E-state index contributed by atoms with van der Waals surface area (Å²) in [5.41, 5.74) is -0.00624. The van der Waals surface area contributed by atoms with E-state index in [1.54, 1.807) is 13.0 Å². The van der Waals surface area contributed by atoms with Crippen molar-refractivity contribution in [2.75, 3.05) is 0 Å². The van der Waals surface area contributed by atoms with Gasteiger partial charge in [-0.1, -0.05) is 24.4 Å². The van der Waals surface area contributed by atoms with Crippen molar-refractivity contribution in [1.82, 2.24) is 19.7 Å². The van der Waals surface area contributed by atoms with E-state index in [1.807, 2.05) is 0 Å². The average Bonchev–Trinajstić information content (AvgIpc) is 3.39. The number of nitrogens with zero attached hydrogens (tertiary/aromatic N) is 5. The minimum atomic E-state index is -4.51. The van der Waals surface area contributed by atoms with Crippen LogP contribution in [0.5, 0.6) is 0 Å². The highest BCUT2D eigenvalue weighted by Gasteiger charge is 2.31. The van der Waals surface area contributed by atoms with Gasteiger partial charge in [-0.05, 0) is 36.8 Å². The molecule has 0 radical (unpaired) electrons. The number of aromatic nitrogens is 4. The molecule has 7 nitrogen and oxygen atoms in total. The third kappa shape index (κ3) is 5.51. The summed E-state index contributed by atoms with van der Waals surface area (Å²) in [6, 6.07) is 4.86. The number of carbonyl (C=O) groups is 1. The Labute approximate surface area is 189 Å². The lowest BCUT2D eigenvalue weighted by Crippen LogP contribution is -2.08. The molecular formula is C20H16F3N5O2S2. The largest absolute Gasteiger partial charge is 0.476 e. The molecule has 12 heteroatoms. The van der Waals surface area contributed by atoms with E-state index in [1.165, 1.54) is 57.6 Å². The molecule has 166 valence electrons. The minimum absolute atomic E-state index is 0.0640. The minimum Gasteiger partial charge on any atom is -0.476 e. The van der Waals surface area contributed by atoms with Crippen LogP contribution in [-0.4, -0.2) is 37.0 Å². The molecule has 0 saturated carbocycles. The molecule has 0 unspecified atom stereocenters. The van der Waals surface area contributed by atoms with Gasteiger partial charge in [0.1, 0.15) is 5.01 Å². The number of aromatic carboxylic acids is 1. The summed E-state index contributed by atoms with van der Waals surface area (Å²) in [5.74, 6) is -0.517. The number of alkyl halides is 3. The van der Waals surface area contributed by atoms with Gasteiger partial charge in [-0.3, -0.25) is 9.56 Å². The topological polar surface area (TPSA) is 93.3 Å². The molecular weight excluding hydrogens is 463 g/mol. The highest BCUT2D eigenvalue weighted by Crippen LogP contribution is 2.33. The van der Waals surface area contributed by atoms with E-state index >= 15 is 0 Å². The number of halogens is 3. The lowest BCUT2D eigenvalue weighted by atomic mass is 10.2. The maximum atomic E-state index is 13.3. The van der Waals surface area contributed by atoms with Gasteiger partial charge in [-0.25, -0.2) is 9.78 Å². The van der Waals surface area contributed by atoms with E-state index in [0.29, 0.717) is 21.6 Å². The van der Waals surface area contributed by atoms with Crippen LogP contribution in [-0.2, 0) is 11.9 Å².